The number of carbonyl (C=O) groups excluding carboxylic acids is 1. The summed E-state index contributed by atoms with van der Waals surface area (Å²) >= 11 is 0. The van der Waals surface area contributed by atoms with Gasteiger partial charge in [-0.1, -0.05) is 31.8 Å². The van der Waals surface area contributed by atoms with E-state index in [0.717, 1.165) is 6.42 Å². The Morgan fingerprint density at radius 1 is 1.39 bits per heavy atom. The Bertz CT molecular complexity index is 744. The summed E-state index contributed by atoms with van der Waals surface area (Å²) in [6.45, 7) is 8.53. The third-order valence-electron chi connectivity index (χ3n) is 6.37. The van der Waals surface area contributed by atoms with Crippen LogP contribution in [0.4, 0.5) is 0 Å². The van der Waals surface area contributed by atoms with Crippen LogP contribution in [-0.4, -0.2) is 53.2 Å². The fourth-order valence-corrected chi connectivity index (χ4v) is 4.95. The lowest BCUT2D eigenvalue weighted by Crippen LogP contribution is -2.60. The zero-order valence-corrected chi connectivity index (χ0v) is 19.5. The van der Waals surface area contributed by atoms with Crippen LogP contribution in [0.3, 0.4) is 0 Å². The minimum absolute atomic E-state index is 0.00169. The van der Waals surface area contributed by atoms with Gasteiger partial charge in [-0.05, 0) is 44.1 Å². The smallest absolute Gasteiger partial charge is 0.354 e. The average molecular weight is 440 g/mol. The van der Waals surface area contributed by atoms with E-state index in [9.17, 15) is 14.8 Å². The molecule has 0 fully saturated rings. The highest BCUT2D eigenvalue weighted by Gasteiger charge is 2.56. The number of rotatable bonds is 10. The number of nitrogens with zero attached hydrogens (tertiary/aromatic N) is 1. The summed E-state index contributed by atoms with van der Waals surface area (Å²) in [6, 6.07) is 0. The summed E-state index contributed by atoms with van der Waals surface area (Å²) in [4.78, 5) is 24.6. The van der Waals surface area contributed by atoms with Crippen molar-refractivity contribution in [3.63, 3.8) is 0 Å². The Morgan fingerprint density at radius 3 is 2.65 bits per heavy atom. The predicted octanol–water partition coefficient (Wildman–Crippen LogP) is 3.56. The molecule has 2 rings (SSSR count). The normalized spacial score (nSPS) is 28.4. The Morgan fingerprint density at radius 2 is 2.06 bits per heavy atom. The molecular formula is C23H39N2O6+. The first-order chi connectivity index (χ1) is 14.5. The summed E-state index contributed by atoms with van der Waals surface area (Å²) in [5.74, 6) is -1.20. The van der Waals surface area contributed by atoms with Crippen LogP contribution in [0.2, 0.25) is 0 Å². The molecule has 4 N–H and O–H groups in total. The van der Waals surface area contributed by atoms with Gasteiger partial charge in [0, 0.05) is 26.1 Å². The van der Waals surface area contributed by atoms with E-state index in [0.29, 0.717) is 49.4 Å². The van der Waals surface area contributed by atoms with Crippen molar-refractivity contribution < 1.29 is 34.0 Å². The Hall–Kier alpha value is -1.90. The van der Waals surface area contributed by atoms with Crippen LogP contribution < -0.4 is 5.73 Å². The molecule has 0 unspecified atom stereocenters. The number of aliphatic carboxylic acids is 1. The highest BCUT2D eigenvalue weighted by Crippen LogP contribution is 2.48. The van der Waals surface area contributed by atoms with E-state index in [1.54, 1.807) is 7.11 Å². The van der Waals surface area contributed by atoms with Crippen molar-refractivity contribution in [3.8, 4) is 0 Å². The van der Waals surface area contributed by atoms with Gasteiger partial charge in [0.05, 0.1) is 11.6 Å². The van der Waals surface area contributed by atoms with Crippen molar-refractivity contribution in [1.29, 1.82) is 0 Å². The third-order valence-corrected chi connectivity index (χ3v) is 6.37. The minimum Gasteiger partial charge on any atom is -0.482 e. The van der Waals surface area contributed by atoms with Gasteiger partial charge in [-0.3, -0.25) is 4.79 Å². The molecule has 0 aromatic carbocycles. The summed E-state index contributed by atoms with van der Waals surface area (Å²) in [5.41, 5.74) is 6.79. The van der Waals surface area contributed by atoms with Gasteiger partial charge in [0.2, 0.25) is 5.70 Å². The molecule has 0 bridgehead atoms. The lowest BCUT2D eigenvalue weighted by atomic mass is 9.71. The number of amides is 1. The number of hydrogen-bond acceptors (Lipinski definition) is 6. The first-order valence-electron chi connectivity index (χ1n) is 11.2. The predicted molar refractivity (Wildman–Crippen MR) is 115 cm³/mol. The van der Waals surface area contributed by atoms with Gasteiger partial charge in [-0.15, -0.1) is 0 Å². The van der Waals surface area contributed by atoms with E-state index in [2.05, 4.69) is 13.8 Å². The van der Waals surface area contributed by atoms with E-state index in [1.165, 1.54) is 0 Å². The van der Waals surface area contributed by atoms with E-state index in [4.69, 9.17) is 20.3 Å². The number of carboxylic acids is 1. The number of carbonyl (C=O) groups is 2. The van der Waals surface area contributed by atoms with Crippen LogP contribution in [0.25, 0.3) is 0 Å². The SMILES string of the molecule is CCC[C@@H](CCCC(=O)O)C(=O)[N@+]1(O)C[C@@H](C)OC2=C1C(N)=CC(C)(C)[C@H]2CCOC. The molecule has 0 radical (unpaired) electrons. The maximum atomic E-state index is 13.7. The molecule has 2 aliphatic rings. The summed E-state index contributed by atoms with van der Waals surface area (Å²) in [6.07, 6.45) is 4.35. The number of nitrogens with two attached hydrogens (primary N) is 1. The lowest BCUT2D eigenvalue weighted by Gasteiger charge is -2.45. The van der Waals surface area contributed by atoms with Crippen LogP contribution in [0.5, 0.6) is 0 Å². The zero-order valence-electron chi connectivity index (χ0n) is 19.5. The van der Waals surface area contributed by atoms with Crippen LogP contribution in [0.1, 0.15) is 66.2 Å². The van der Waals surface area contributed by atoms with Crippen LogP contribution in [0, 0.1) is 17.3 Å². The van der Waals surface area contributed by atoms with E-state index < -0.39 is 16.5 Å². The molecule has 0 saturated carbocycles. The summed E-state index contributed by atoms with van der Waals surface area (Å²) in [5, 5.41) is 20.7. The standard InChI is InChI=1S/C23H38N2O6/c1-6-8-16(9-7-10-19(26)27)22(28)25(29)14-15(2)31-21-17(11-12-30-5)23(3,4)13-18(24)20(21)25/h13,15-17,29H,6-12,14,24H2,1-5H3/p+1/t15-,16+,17+,25+/m1/s1. The van der Waals surface area contributed by atoms with Crippen molar-refractivity contribution in [3.05, 3.63) is 23.2 Å². The largest absolute Gasteiger partial charge is 0.482 e. The number of ether oxygens (including phenoxy) is 2. The Balaban J connectivity index is 2.47. The highest BCUT2D eigenvalue weighted by molar-refractivity contribution is 5.73. The molecule has 1 amide bonds. The minimum atomic E-state index is -0.893. The molecule has 1 aliphatic heterocycles. The molecule has 4 atom stereocenters. The molecule has 8 heteroatoms. The number of carboxylic acid groups (broad SMARTS) is 1. The molecule has 8 nitrogen and oxygen atoms in total. The second kappa shape index (κ2) is 10.1. The van der Waals surface area contributed by atoms with Gasteiger partial charge >= 0.3 is 11.9 Å². The summed E-state index contributed by atoms with van der Waals surface area (Å²) < 4.78 is 10.6. The van der Waals surface area contributed by atoms with Gasteiger partial charge in [0.15, 0.2) is 12.3 Å². The second-order valence-corrected chi connectivity index (χ2v) is 9.46. The van der Waals surface area contributed by atoms with Gasteiger partial charge in [0.1, 0.15) is 6.10 Å². The van der Waals surface area contributed by atoms with Crippen LogP contribution in [0.15, 0.2) is 23.2 Å². The van der Waals surface area contributed by atoms with Crippen molar-refractivity contribution in [2.24, 2.45) is 23.0 Å². The molecule has 0 aromatic rings. The molecule has 1 heterocycles. The topological polar surface area (TPSA) is 119 Å². The number of hydroxylamine groups is 3. The van der Waals surface area contributed by atoms with Gasteiger partial charge in [-0.2, -0.15) is 0 Å². The van der Waals surface area contributed by atoms with E-state index in [1.807, 2.05) is 19.9 Å². The number of hydrogen-bond donors (Lipinski definition) is 3. The Kier molecular flexibility index (Phi) is 8.30. The maximum Gasteiger partial charge on any atom is 0.354 e. The van der Waals surface area contributed by atoms with Crippen molar-refractivity contribution >= 4 is 11.9 Å². The van der Waals surface area contributed by atoms with Gasteiger partial charge in [-0.25, -0.2) is 10.0 Å². The number of methoxy groups -OCH3 is 1. The quantitative estimate of drug-likeness (QED) is 0.352. The molecule has 1 aliphatic carbocycles. The van der Waals surface area contributed by atoms with E-state index >= 15 is 0 Å². The second-order valence-electron chi connectivity index (χ2n) is 9.46. The van der Waals surface area contributed by atoms with Crippen molar-refractivity contribution in [1.82, 2.24) is 0 Å². The number of quaternary nitrogens is 1. The lowest BCUT2D eigenvalue weighted by molar-refractivity contribution is -1.01. The Labute approximate surface area is 185 Å². The van der Waals surface area contributed by atoms with E-state index in [-0.39, 0.29) is 36.3 Å². The molecule has 176 valence electrons. The van der Waals surface area contributed by atoms with Crippen molar-refractivity contribution in [2.45, 2.75) is 72.3 Å². The highest BCUT2D eigenvalue weighted by atomic mass is 16.6. The monoisotopic (exact) mass is 439 g/mol. The first-order valence-corrected chi connectivity index (χ1v) is 11.2. The van der Waals surface area contributed by atoms with Crippen LogP contribution in [-0.2, 0) is 19.1 Å². The molecule has 0 aromatic heterocycles. The van der Waals surface area contributed by atoms with Crippen molar-refractivity contribution in [2.75, 3.05) is 20.3 Å². The molecule has 0 saturated heterocycles. The first kappa shape index (κ1) is 25.4. The fourth-order valence-electron chi connectivity index (χ4n) is 4.95. The molecule has 31 heavy (non-hydrogen) atoms. The molecular weight excluding hydrogens is 400 g/mol. The van der Waals surface area contributed by atoms with Crippen LogP contribution >= 0.6 is 0 Å². The van der Waals surface area contributed by atoms with Gasteiger partial charge < -0.3 is 20.3 Å². The number of allylic oxidation sites excluding steroid dienone is 2. The average Bonchev–Trinajstić information content (AvgIpc) is 2.64. The third kappa shape index (κ3) is 5.48. The summed E-state index contributed by atoms with van der Waals surface area (Å²) in [7, 11) is 1.64. The zero-order chi connectivity index (χ0) is 23.4. The van der Waals surface area contributed by atoms with Gasteiger partial charge in [0.25, 0.3) is 0 Å². The fraction of sp³-hybridized carbons (Fsp3) is 0.739. The maximum absolute atomic E-state index is 13.7. The molecule has 0 spiro atoms.